The van der Waals surface area contributed by atoms with E-state index in [0.29, 0.717) is 39.9 Å². The molecule has 1 atom stereocenters. The molecule has 0 saturated heterocycles. The molecular weight excluding hydrogens is 446 g/mol. The van der Waals surface area contributed by atoms with Gasteiger partial charge in [0, 0.05) is 23.9 Å². The summed E-state index contributed by atoms with van der Waals surface area (Å²) in [5.74, 6) is 1.53. The van der Waals surface area contributed by atoms with Crippen molar-refractivity contribution in [2.45, 2.75) is 64.0 Å². The minimum atomic E-state index is -0.153. The van der Waals surface area contributed by atoms with Crippen molar-refractivity contribution in [2.75, 3.05) is 0 Å². The van der Waals surface area contributed by atoms with Gasteiger partial charge in [-0.05, 0) is 49.4 Å². The maximum atomic E-state index is 13.4. The highest BCUT2D eigenvalue weighted by atomic mass is 32.2. The summed E-state index contributed by atoms with van der Waals surface area (Å²) < 4.78 is 3.63. The van der Waals surface area contributed by atoms with Crippen LogP contribution in [-0.2, 0) is 12.3 Å². The lowest BCUT2D eigenvalue weighted by atomic mass is 10.1. The largest absolute Gasteiger partial charge is 0.350 e. The Kier molecular flexibility index (Phi) is 7.36. The van der Waals surface area contributed by atoms with Gasteiger partial charge in [-0.25, -0.2) is 0 Å². The van der Waals surface area contributed by atoms with Crippen LogP contribution in [0.15, 0.2) is 58.5 Å². The summed E-state index contributed by atoms with van der Waals surface area (Å²) in [5.41, 5.74) is 2.23. The second-order valence-corrected chi connectivity index (χ2v) is 9.99. The minimum Gasteiger partial charge on any atom is -0.350 e. The number of amides is 1. The van der Waals surface area contributed by atoms with E-state index in [2.05, 4.69) is 41.5 Å². The molecule has 1 N–H and O–H groups in total. The van der Waals surface area contributed by atoms with Crippen LogP contribution in [0.25, 0.3) is 16.7 Å². The fourth-order valence-electron chi connectivity index (χ4n) is 3.74. The Bertz CT molecular complexity index is 1360. The molecule has 2 heterocycles. The summed E-state index contributed by atoms with van der Waals surface area (Å²) in [5, 5.41) is 13.1. The molecule has 7 nitrogen and oxygen atoms in total. The minimum absolute atomic E-state index is 0.0687. The Labute approximate surface area is 203 Å². The first kappa shape index (κ1) is 24.0. The standard InChI is InChI=1S/C26H31N5O2S/c1-5-18(4)27-23(32)20-11-12-21-22(15-20)31-25(30(24(21)33)14-13-17(2)3)28-29-26(31)34-16-19-9-7-6-8-10-19/h6-12,15,17-18H,5,13-14,16H2,1-4H3,(H,27,32)/t18-/m0/s1. The summed E-state index contributed by atoms with van der Waals surface area (Å²) in [6, 6.07) is 15.5. The van der Waals surface area contributed by atoms with E-state index in [4.69, 9.17) is 0 Å². The van der Waals surface area contributed by atoms with Crippen LogP contribution in [0, 0.1) is 5.92 Å². The van der Waals surface area contributed by atoms with Gasteiger partial charge in [0.15, 0.2) is 5.16 Å². The van der Waals surface area contributed by atoms with Gasteiger partial charge in [0.05, 0.1) is 10.9 Å². The highest BCUT2D eigenvalue weighted by molar-refractivity contribution is 7.98. The molecule has 0 unspecified atom stereocenters. The van der Waals surface area contributed by atoms with Gasteiger partial charge in [0.25, 0.3) is 11.5 Å². The highest BCUT2D eigenvalue weighted by Crippen LogP contribution is 2.25. The number of aryl methyl sites for hydroxylation is 1. The number of hydrogen-bond donors (Lipinski definition) is 1. The summed E-state index contributed by atoms with van der Waals surface area (Å²) in [4.78, 5) is 26.2. The molecule has 4 rings (SSSR count). The van der Waals surface area contributed by atoms with Crippen molar-refractivity contribution < 1.29 is 4.79 Å². The molecule has 178 valence electrons. The van der Waals surface area contributed by atoms with Crippen molar-refractivity contribution in [2.24, 2.45) is 5.92 Å². The van der Waals surface area contributed by atoms with Crippen LogP contribution in [0.3, 0.4) is 0 Å². The van der Waals surface area contributed by atoms with Gasteiger partial charge in [0.1, 0.15) is 0 Å². The first-order valence-electron chi connectivity index (χ1n) is 11.8. The van der Waals surface area contributed by atoms with E-state index < -0.39 is 0 Å². The van der Waals surface area contributed by atoms with Gasteiger partial charge in [-0.15, -0.1) is 10.2 Å². The molecule has 0 aliphatic carbocycles. The third-order valence-corrected chi connectivity index (χ3v) is 6.96. The van der Waals surface area contributed by atoms with E-state index in [1.165, 1.54) is 5.56 Å². The van der Waals surface area contributed by atoms with Gasteiger partial charge < -0.3 is 5.32 Å². The predicted molar refractivity (Wildman–Crippen MR) is 137 cm³/mol. The van der Waals surface area contributed by atoms with Crippen molar-refractivity contribution in [3.05, 3.63) is 70.0 Å². The zero-order valence-electron chi connectivity index (χ0n) is 20.1. The molecule has 0 bridgehead atoms. The van der Waals surface area contributed by atoms with Gasteiger partial charge in [-0.1, -0.05) is 62.9 Å². The Morgan fingerprint density at radius 3 is 2.56 bits per heavy atom. The van der Waals surface area contributed by atoms with E-state index in [0.717, 1.165) is 18.6 Å². The number of carbonyl (C=O) groups is 1. The van der Waals surface area contributed by atoms with E-state index >= 15 is 0 Å². The summed E-state index contributed by atoms with van der Waals surface area (Å²) in [6.07, 6.45) is 1.70. The van der Waals surface area contributed by atoms with E-state index in [1.54, 1.807) is 34.5 Å². The second kappa shape index (κ2) is 10.4. The van der Waals surface area contributed by atoms with Crippen LogP contribution in [0.5, 0.6) is 0 Å². The van der Waals surface area contributed by atoms with E-state index in [1.807, 2.05) is 36.4 Å². The fourth-order valence-corrected chi connectivity index (χ4v) is 4.63. The molecule has 34 heavy (non-hydrogen) atoms. The van der Waals surface area contributed by atoms with Crippen LogP contribution in [0.1, 0.15) is 56.5 Å². The predicted octanol–water partition coefficient (Wildman–Crippen LogP) is 4.91. The zero-order chi connectivity index (χ0) is 24.2. The number of aromatic nitrogens is 4. The van der Waals surface area contributed by atoms with Gasteiger partial charge in [0.2, 0.25) is 5.78 Å². The number of nitrogens with zero attached hydrogens (tertiary/aromatic N) is 4. The lowest BCUT2D eigenvalue weighted by molar-refractivity contribution is 0.0939. The second-order valence-electron chi connectivity index (χ2n) is 9.05. The Balaban J connectivity index is 1.85. The third kappa shape index (κ3) is 5.01. The Morgan fingerprint density at radius 2 is 1.85 bits per heavy atom. The van der Waals surface area contributed by atoms with Crippen molar-refractivity contribution >= 4 is 34.3 Å². The first-order chi connectivity index (χ1) is 16.4. The molecule has 8 heteroatoms. The molecule has 1 amide bonds. The average molecular weight is 478 g/mol. The summed E-state index contributed by atoms with van der Waals surface area (Å²) in [7, 11) is 0. The topological polar surface area (TPSA) is 81.3 Å². The van der Waals surface area contributed by atoms with Crippen LogP contribution < -0.4 is 10.9 Å². The lowest BCUT2D eigenvalue weighted by Crippen LogP contribution is -2.32. The third-order valence-electron chi connectivity index (χ3n) is 5.96. The molecule has 0 radical (unpaired) electrons. The molecular formula is C26H31N5O2S. The summed E-state index contributed by atoms with van der Waals surface area (Å²) in [6.45, 7) is 8.84. The lowest BCUT2D eigenvalue weighted by Gasteiger charge is -2.14. The van der Waals surface area contributed by atoms with Crippen molar-refractivity contribution in [1.82, 2.24) is 24.5 Å². The molecule has 0 aliphatic rings. The zero-order valence-corrected chi connectivity index (χ0v) is 20.9. The quantitative estimate of drug-likeness (QED) is 0.346. The van der Waals surface area contributed by atoms with Crippen LogP contribution in [0.4, 0.5) is 0 Å². The maximum Gasteiger partial charge on any atom is 0.262 e. The highest BCUT2D eigenvalue weighted by Gasteiger charge is 2.19. The SMILES string of the molecule is CC[C@H](C)NC(=O)c1ccc2c(=O)n(CCC(C)C)c3nnc(SCc4ccccc4)n3c2c1. The molecule has 4 aromatic rings. The number of carbonyl (C=O) groups excluding carboxylic acids is 1. The van der Waals surface area contributed by atoms with Crippen molar-refractivity contribution in [3.63, 3.8) is 0 Å². The number of rotatable bonds is 9. The molecule has 0 spiro atoms. The maximum absolute atomic E-state index is 13.4. The molecule has 0 fully saturated rings. The number of benzene rings is 2. The van der Waals surface area contributed by atoms with Crippen LogP contribution in [-0.4, -0.2) is 31.1 Å². The smallest absolute Gasteiger partial charge is 0.262 e. The van der Waals surface area contributed by atoms with Crippen molar-refractivity contribution in [1.29, 1.82) is 0 Å². The van der Waals surface area contributed by atoms with E-state index in [-0.39, 0.29) is 17.5 Å². The number of thioether (sulfide) groups is 1. The average Bonchev–Trinajstić information content (AvgIpc) is 3.26. The molecule has 2 aromatic heterocycles. The molecule has 0 aliphatic heterocycles. The van der Waals surface area contributed by atoms with E-state index in [9.17, 15) is 9.59 Å². The number of hydrogen-bond acceptors (Lipinski definition) is 5. The van der Waals surface area contributed by atoms with Crippen LogP contribution in [0.2, 0.25) is 0 Å². The number of nitrogens with one attached hydrogen (secondary N) is 1. The van der Waals surface area contributed by atoms with Crippen LogP contribution >= 0.6 is 11.8 Å². The van der Waals surface area contributed by atoms with Crippen molar-refractivity contribution in [3.8, 4) is 0 Å². The monoisotopic (exact) mass is 477 g/mol. The molecule has 0 saturated carbocycles. The normalized spacial score (nSPS) is 12.5. The summed E-state index contributed by atoms with van der Waals surface area (Å²) >= 11 is 1.57. The fraction of sp³-hybridized carbons (Fsp3) is 0.385. The Morgan fingerprint density at radius 1 is 1.09 bits per heavy atom. The Hall–Kier alpha value is -3.13. The van der Waals surface area contributed by atoms with Gasteiger partial charge >= 0.3 is 0 Å². The number of fused-ring (bicyclic) bond motifs is 3. The van der Waals surface area contributed by atoms with Gasteiger partial charge in [-0.2, -0.15) is 0 Å². The van der Waals surface area contributed by atoms with Gasteiger partial charge in [-0.3, -0.25) is 18.6 Å². The first-order valence-corrected chi connectivity index (χ1v) is 12.8. The molecule has 2 aromatic carbocycles.